The molecule has 0 unspecified atom stereocenters. The van der Waals surface area contributed by atoms with E-state index in [1.807, 2.05) is 4.90 Å². The van der Waals surface area contributed by atoms with E-state index >= 15 is 8.78 Å². The Bertz CT molecular complexity index is 1280. The number of nitrogens with one attached hydrogen (secondary N) is 1. The molecule has 2 aliphatic rings. The van der Waals surface area contributed by atoms with Crippen LogP contribution in [0.15, 0.2) is 36.7 Å². The van der Waals surface area contributed by atoms with Crippen LogP contribution in [-0.4, -0.2) is 54.3 Å². The molecule has 8 nitrogen and oxygen atoms in total. The van der Waals surface area contributed by atoms with Crippen molar-refractivity contribution in [3.05, 3.63) is 65.3 Å². The van der Waals surface area contributed by atoms with Crippen LogP contribution in [0.2, 0.25) is 0 Å². The third kappa shape index (κ3) is 4.97. The fourth-order valence-corrected chi connectivity index (χ4v) is 4.47. The number of benzene rings is 1. The van der Waals surface area contributed by atoms with Crippen molar-refractivity contribution in [3.63, 3.8) is 0 Å². The van der Waals surface area contributed by atoms with Gasteiger partial charge in [-0.1, -0.05) is 12.1 Å². The lowest BCUT2D eigenvalue weighted by molar-refractivity contribution is -0.0233. The molecule has 1 aromatic carbocycles. The van der Waals surface area contributed by atoms with Gasteiger partial charge in [0.2, 0.25) is 0 Å². The minimum Gasteiger partial charge on any atom is -0.321 e. The van der Waals surface area contributed by atoms with E-state index < -0.39 is 23.4 Å². The molecule has 0 bridgehead atoms. The summed E-state index contributed by atoms with van der Waals surface area (Å²) in [5, 5.41) is 10.0. The Kier molecular flexibility index (Phi) is 6.06. The third-order valence-corrected chi connectivity index (χ3v) is 6.60. The number of nitrogens with zero attached hydrogens (tertiary/aromatic N) is 6. The van der Waals surface area contributed by atoms with E-state index in [2.05, 4.69) is 25.5 Å². The van der Waals surface area contributed by atoms with Crippen LogP contribution in [0.3, 0.4) is 0 Å². The Morgan fingerprint density at radius 1 is 1.28 bits per heavy atom. The van der Waals surface area contributed by atoms with Gasteiger partial charge in [-0.15, -0.1) is 10.2 Å². The van der Waals surface area contributed by atoms with E-state index in [1.54, 1.807) is 32.2 Å². The van der Waals surface area contributed by atoms with Gasteiger partial charge in [-0.3, -0.25) is 9.69 Å². The maximum absolute atomic E-state index is 15.6. The maximum Gasteiger partial charge on any atom is 0.274 e. The molecule has 1 saturated heterocycles. The summed E-state index contributed by atoms with van der Waals surface area (Å²) in [7, 11) is 1.54. The minimum absolute atomic E-state index is 0.0462. The van der Waals surface area contributed by atoms with Crippen LogP contribution in [0.1, 0.15) is 72.2 Å². The molecule has 11 heteroatoms. The first-order chi connectivity index (χ1) is 17.0. The molecule has 2 atom stereocenters. The van der Waals surface area contributed by atoms with Gasteiger partial charge in [-0.05, 0) is 50.5 Å². The summed E-state index contributed by atoms with van der Waals surface area (Å²) in [5.74, 6) is 0.209. The van der Waals surface area contributed by atoms with Gasteiger partial charge < -0.3 is 9.88 Å². The largest absolute Gasteiger partial charge is 0.321 e. The standard InChI is InChI=1S/C25H28F3N7O/c1-24(27)12-35(13-24)11-18-10-19(32-21(30-18)15-7-8-15)23(36)31-17-6-4-5-16(9-17)25(2,28)20(26)22-33-29-14-34(22)3/h4-6,9-10,14-15,20H,7-8,11-13H2,1-3H3,(H,31,36)/t20-,25-/m1/s1. The fourth-order valence-electron chi connectivity index (χ4n) is 4.47. The molecule has 36 heavy (non-hydrogen) atoms. The number of aromatic nitrogens is 5. The van der Waals surface area contributed by atoms with Crippen molar-refractivity contribution >= 4 is 11.6 Å². The van der Waals surface area contributed by atoms with Crippen LogP contribution >= 0.6 is 0 Å². The second-order valence-electron chi connectivity index (χ2n) is 10.2. The average Bonchev–Trinajstić information content (AvgIpc) is 3.58. The fraction of sp³-hybridized carbons (Fsp3) is 0.480. The quantitative estimate of drug-likeness (QED) is 0.501. The first-order valence-corrected chi connectivity index (χ1v) is 11.9. The summed E-state index contributed by atoms with van der Waals surface area (Å²) in [6.45, 7) is 3.75. The second-order valence-corrected chi connectivity index (χ2v) is 10.2. The molecular weight excluding hydrogens is 471 g/mol. The van der Waals surface area contributed by atoms with E-state index in [0.717, 1.165) is 19.8 Å². The van der Waals surface area contributed by atoms with Crippen molar-refractivity contribution < 1.29 is 18.0 Å². The summed E-state index contributed by atoms with van der Waals surface area (Å²) >= 11 is 0. The Hall–Kier alpha value is -3.34. The lowest BCUT2D eigenvalue weighted by Crippen LogP contribution is -2.56. The molecule has 1 saturated carbocycles. The molecule has 1 amide bonds. The molecule has 5 rings (SSSR count). The van der Waals surface area contributed by atoms with Crippen molar-refractivity contribution in [2.75, 3.05) is 18.4 Å². The van der Waals surface area contributed by atoms with Crippen LogP contribution in [0.4, 0.5) is 18.9 Å². The lowest BCUT2D eigenvalue weighted by Gasteiger charge is -2.42. The van der Waals surface area contributed by atoms with Gasteiger partial charge in [0.25, 0.3) is 5.91 Å². The summed E-state index contributed by atoms with van der Waals surface area (Å²) in [4.78, 5) is 24.1. The predicted octanol–water partition coefficient (Wildman–Crippen LogP) is 4.17. The topological polar surface area (TPSA) is 88.8 Å². The summed E-state index contributed by atoms with van der Waals surface area (Å²) < 4.78 is 45.9. The molecular formula is C25H28F3N7O. The van der Waals surface area contributed by atoms with E-state index in [0.29, 0.717) is 36.8 Å². The Morgan fingerprint density at radius 3 is 2.67 bits per heavy atom. The molecule has 1 aliphatic carbocycles. The molecule has 0 radical (unpaired) electrons. The first-order valence-electron chi connectivity index (χ1n) is 11.9. The van der Waals surface area contributed by atoms with Crippen molar-refractivity contribution in [1.82, 2.24) is 29.6 Å². The molecule has 3 heterocycles. The summed E-state index contributed by atoms with van der Waals surface area (Å²) in [6.07, 6.45) is 1.17. The lowest BCUT2D eigenvalue weighted by atomic mass is 9.92. The minimum atomic E-state index is -2.41. The molecule has 190 valence electrons. The third-order valence-electron chi connectivity index (χ3n) is 6.60. The Balaban J connectivity index is 1.34. The number of hydrogen-bond acceptors (Lipinski definition) is 6. The van der Waals surface area contributed by atoms with E-state index in [1.165, 1.54) is 23.0 Å². The molecule has 1 aliphatic heterocycles. The summed E-state index contributed by atoms with van der Waals surface area (Å²) in [6, 6.07) is 7.60. The van der Waals surface area contributed by atoms with Crippen molar-refractivity contribution in [1.29, 1.82) is 0 Å². The average molecular weight is 500 g/mol. The molecule has 2 fully saturated rings. The van der Waals surface area contributed by atoms with Gasteiger partial charge in [0.15, 0.2) is 17.7 Å². The van der Waals surface area contributed by atoms with E-state index in [-0.39, 0.29) is 23.0 Å². The maximum atomic E-state index is 15.6. The van der Waals surface area contributed by atoms with Gasteiger partial charge >= 0.3 is 0 Å². The summed E-state index contributed by atoms with van der Waals surface area (Å²) in [5.41, 5.74) is -2.43. The van der Waals surface area contributed by atoms with Crippen LogP contribution in [0.5, 0.6) is 0 Å². The molecule has 3 aromatic rings. The molecule has 1 N–H and O–H groups in total. The highest BCUT2D eigenvalue weighted by Crippen LogP contribution is 2.41. The zero-order chi connectivity index (χ0) is 25.7. The van der Waals surface area contributed by atoms with Gasteiger partial charge in [-0.2, -0.15) is 0 Å². The number of rotatable bonds is 8. The van der Waals surface area contributed by atoms with Gasteiger partial charge in [0, 0.05) is 38.3 Å². The number of aryl methyl sites for hydroxylation is 1. The number of hydrogen-bond donors (Lipinski definition) is 1. The first kappa shape index (κ1) is 24.4. The zero-order valence-corrected chi connectivity index (χ0v) is 20.4. The number of alkyl halides is 3. The van der Waals surface area contributed by atoms with E-state index in [9.17, 15) is 9.18 Å². The Labute approximate surface area is 207 Å². The SMILES string of the molecule is Cn1cnnc1[C@@H](F)[C@](C)(F)c1cccc(NC(=O)c2cc(CN3CC(C)(F)C3)nc(C3CC3)n2)c1. The van der Waals surface area contributed by atoms with Crippen molar-refractivity contribution in [2.24, 2.45) is 7.05 Å². The highest BCUT2D eigenvalue weighted by atomic mass is 19.2. The van der Waals surface area contributed by atoms with Crippen molar-refractivity contribution in [3.8, 4) is 0 Å². The van der Waals surface area contributed by atoms with Gasteiger partial charge in [0.1, 0.15) is 23.5 Å². The number of likely N-dealkylation sites (tertiary alicyclic amines) is 1. The van der Waals surface area contributed by atoms with Gasteiger partial charge in [-0.25, -0.2) is 23.1 Å². The second kappa shape index (κ2) is 8.95. The number of halogens is 3. The number of carbonyl (C=O) groups is 1. The highest BCUT2D eigenvalue weighted by molar-refractivity contribution is 6.03. The number of carbonyl (C=O) groups excluding carboxylic acids is 1. The normalized spacial score (nSPS) is 19.8. The monoisotopic (exact) mass is 499 g/mol. The Morgan fingerprint density at radius 2 is 2.03 bits per heavy atom. The van der Waals surface area contributed by atoms with Crippen molar-refractivity contribution in [2.45, 2.75) is 56.7 Å². The van der Waals surface area contributed by atoms with E-state index in [4.69, 9.17) is 0 Å². The number of amides is 1. The highest BCUT2D eigenvalue weighted by Gasteiger charge is 2.41. The van der Waals surface area contributed by atoms with Gasteiger partial charge in [0.05, 0.1) is 5.69 Å². The predicted molar refractivity (Wildman–Crippen MR) is 127 cm³/mol. The number of anilines is 1. The zero-order valence-electron chi connectivity index (χ0n) is 20.4. The smallest absolute Gasteiger partial charge is 0.274 e. The van der Waals surface area contributed by atoms with Crippen LogP contribution in [-0.2, 0) is 19.3 Å². The van der Waals surface area contributed by atoms with Crippen LogP contribution in [0, 0.1) is 0 Å². The molecule has 2 aromatic heterocycles. The van der Waals surface area contributed by atoms with Crippen LogP contribution < -0.4 is 5.32 Å². The molecule has 0 spiro atoms. The van der Waals surface area contributed by atoms with Crippen LogP contribution in [0.25, 0.3) is 0 Å².